The molecule has 2 N–H and O–H groups in total. The van der Waals surface area contributed by atoms with Crippen molar-refractivity contribution in [2.24, 2.45) is 11.8 Å². The number of rotatable bonds is 5. The molecule has 1 aromatic rings. The number of hydrogen-bond donors (Lipinski definition) is 2. The van der Waals surface area contributed by atoms with Crippen molar-refractivity contribution in [3.05, 3.63) is 29.3 Å². The molecular weight excluding hydrogens is 260 g/mol. The zero-order valence-electron chi connectivity index (χ0n) is 13.5. The third kappa shape index (κ3) is 4.23. The topological polar surface area (TPSA) is 41.1 Å². The fourth-order valence-electron chi connectivity index (χ4n) is 3.27. The molecule has 3 heteroatoms. The molecule has 0 heterocycles. The first-order valence-corrected chi connectivity index (χ1v) is 8.20. The quantitative estimate of drug-likeness (QED) is 0.860. The van der Waals surface area contributed by atoms with E-state index in [1.54, 1.807) is 0 Å². The van der Waals surface area contributed by atoms with Crippen LogP contribution in [-0.4, -0.2) is 19.5 Å². The molecule has 1 aliphatic carbocycles. The number of nitrogens with one attached hydrogen (secondary N) is 2. The van der Waals surface area contributed by atoms with Crippen molar-refractivity contribution in [2.45, 2.75) is 46.0 Å². The van der Waals surface area contributed by atoms with E-state index >= 15 is 0 Å². The Labute approximate surface area is 128 Å². The van der Waals surface area contributed by atoms with E-state index in [1.165, 1.54) is 32.1 Å². The molecule has 3 nitrogen and oxygen atoms in total. The van der Waals surface area contributed by atoms with Gasteiger partial charge < -0.3 is 10.6 Å². The number of aryl methyl sites for hydroxylation is 1. The van der Waals surface area contributed by atoms with Gasteiger partial charge in [-0.15, -0.1) is 0 Å². The van der Waals surface area contributed by atoms with Crippen molar-refractivity contribution in [1.82, 2.24) is 5.32 Å². The van der Waals surface area contributed by atoms with E-state index < -0.39 is 0 Å². The van der Waals surface area contributed by atoms with E-state index in [-0.39, 0.29) is 5.91 Å². The zero-order valence-corrected chi connectivity index (χ0v) is 13.5. The maximum absolute atomic E-state index is 12.2. The molecular formula is C18H28N2O. The van der Waals surface area contributed by atoms with Crippen LogP contribution in [0, 0.1) is 18.8 Å². The van der Waals surface area contributed by atoms with Gasteiger partial charge in [0.15, 0.2) is 0 Å². The molecule has 21 heavy (non-hydrogen) atoms. The Morgan fingerprint density at radius 2 is 1.86 bits per heavy atom. The Hall–Kier alpha value is -1.51. The van der Waals surface area contributed by atoms with Crippen LogP contribution in [-0.2, 0) is 0 Å². The minimum Gasteiger partial charge on any atom is -0.388 e. The second kappa shape index (κ2) is 7.48. The molecule has 0 bridgehead atoms. The third-order valence-corrected chi connectivity index (χ3v) is 4.85. The van der Waals surface area contributed by atoms with Crippen LogP contribution >= 0.6 is 0 Å². The van der Waals surface area contributed by atoms with Gasteiger partial charge >= 0.3 is 0 Å². The summed E-state index contributed by atoms with van der Waals surface area (Å²) in [5.41, 5.74) is 2.94. The lowest BCUT2D eigenvalue weighted by Gasteiger charge is -2.27. The molecule has 116 valence electrons. The molecule has 0 saturated heterocycles. The zero-order chi connectivity index (χ0) is 15.2. The standard InChI is InChI=1S/C18H28N2O/c1-4-14-5-7-15(8-6-14)12-20-18(21)16-9-10-17(19-3)13(2)11-16/h9-11,14-15,19H,4-8,12H2,1-3H3,(H,20,21). The minimum absolute atomic E-state index is 0.0540. The van der Waals surface area contributed by atoms with Gasteiger partial charge in [-0.2, -0.15) is 0 Å². The lowest BCUT2D eigenvalue weighted by Crippen LogP contribution is -2.31. The monoisotopic (exact) mass is 288 g/mol. The summed E-state index contributed by atoms with van der Waals surface area (Å²) >= 11 is 0. The fourth-order valence-corrected chi connectivity index (χ4v) is 3.27. The Morgan fingerprint density at radius 3 is 2.43 bits per heavy atom. The van der Waals surface area contributed by atoms with Crippen LogP contribution in [0.1, 0.15) is 54.9 Å². The summed E-state index contributed by atoms with van der Waals surface area (Å²) in [6.45, 7) is 5.13. The molecule has 1 amide bonds. The van der Waals surface area contributed by atoms with Crippen LogP contribution in [0.5, 0.6) is 0 Å². The molecule has 0 aliphatic heterocycles. The highest BCUT2D eigenvalue weighted by Crippen LogP contribution is 2.30. The number of benzene rings is 1. The van der Waals surface area contributed by atoms with Crippen LogP contribution in [0.25, 0.3) is 0 Å². The van der Waals surface area contributed by atoms with E-state index in [4.69, 9.17) is 0 Å². The van der Waals surface area contributed by atoms with Gasteiger partial charge in [-0.25, -0.2) is 0 Å². The van der Waals surface area contributed by atoms with Gasteiger partial charge in [0.2, 0.25) is 0 Å². The van der Waals surface area contributed by atoms with Crippen molar-refractivity contribution in [2.75, 3.05) is 18.9 Å². The maximum atomic E-state index is 12.2. The molecule has 0 radical (unpaired) electrons. The molecule has 1 aliphatic rings. The molecule has 0 atom stereocenters. The van der Waals surface area contributed by atoms with Gasteiger partial charge in [0, 0.05) is 24.8 Å². The van der Waals surface area contributed by atoms with Gasteiger partial charge in [-0.05, 0) is 55.4 Å². The van der Waals surface area contributed by atoms with Crippen LogP contribution in [0.2, 0.25) is 0 Å². The SMILES string of the molecule is CCC1CCC(CNC(=O)c2ccc(NC)c(C)c2)CC1. The highest BCUT2D eigenvalue weighted by Gasteiger charge is 2.20. The van der Waals surface area contributed by atoms with Crippen molar-refractivity contribution in [3.63, 3.8) is 0 Å². The average Bonchev–Trinajstić information content (AvgIpc) is 2.53. The molecule has 0 aromatic heterocycles. The lowest BCUT2D eigenvalue weighted by atomic mass is 9.81. The summed E-state index contributed by atoms with van der Waals surface area (Å²) < 4.78 is 0. The Morgan fingerprint density at radius 1 is 1.19 bits per heavy atom. The number of hydrogen-bond acceptors (Lipinski definition) is 2. The smallest absolute Gasteiger partial charge is 0.251 e. The van der Waals surface area contributed by atoms with Crippen LogP contribution in [0.4, 0.5) is 5.69 Å². The first kappa shape index (κ1) is 15.9. The van der Waals surface area contributed by atoms with Crippen molar-refractivity contribution in [3.8, 4) is 0 Å². The second-order valence-electron chi connectivity index (χ2n) is 6.28. The third-order valence-electron chi connectivity index (χ3n) is 4.85. The maximum Gasteiger partial charge on any atom is 0.251 e. The number of carbonyl (C=O) groups is 1. The van der Waals surface area contributed by atoms with Crippen molar-refractivity contribution < 1.29 is 4.79 Å². The van der Waals surface area contributed by atoms with Gasteiger partial charge in [0.25, 0.3) is 5.91 Å². The predicted molar refractivity (Wildman–Crippen MR) is 88.8 cm³/mol. The van der Waals surface area contributed by atoms with Gasteiger partial charge in [0.1, 0.15) is 0 Å². The summed E-state index contributed by atoms with van der Waals surface area (Å²) in [5.74, 6) is 1.63. The van der Waals surface area contributed by atoms with Crippen LogP contribution in [0.3, 0.4) is 0 Å². The van der Waals surface area contributed by atoms with Gasteiger partial charge in [0.05, 0.1) is 0 Å². The molecule has 1 aromatic carbocycles. The summed E-state index contributed by atoms with van der Waals surface area (Å²) in [5, 5.41) is 6.23. The molecule has 0 unspecified atom stereocenters. The number of anilines is 1. The summed E-state index contributed by atoms with van der Waals surface area (Å²) in [6, 6.07) is 5.81. The molecule has 1 fully saturated rings. The summed E-state index contributed by atoms with van der Waals surface area (Å²) in [7, 11) is 1.90. The van der Waals surface area contributed by atoms with E-state index in [9.17, 15) is 4.79 Å². The number of carbonyl (C=O) groups excluding carboxylic acids is 1. The first-order valence-electron chi connectivity index (χ1n) is 8.20. The van der Waals surface area contributed by atoms with Gasteiger partial charge in [-0.3, -0.25) is 4.79 Å². The van der Waals surface area contributed by atoms with Crippen LogP contribution in [0.15, 0.2) is 18.2 Å². The Kier molecular flexibility index (Phi) is 5.66. The highest BCUT2D eigenvalue weighted by molar-refractivity contribution is 5.94. The van der Waals surface area contributed by atoms with E-state index in [0.29, 0.717) is 5.92 Å². The average molecular weight is 288 g/mol. The van der Waals surface area contributed by atoms with Gasteiger partial charge in [-0.1, -0.05) is 26.2 Å². The number of amides is 1. The first-order chi connectivity index (χ1) is 10.1. The predicted octanol–water partition coefficient (Wildman–Crippen LogP) is 3.98. The second-order valence-corrected chi connectivity index (χ2v) is 6.28. The van der Waals surface area contributed by atoms with Crippen LogP contribution < -0.4 is 10.6 Å². The highest BCUT2D eigenvalue weighted by atomic mass is 16.1. The van der Waals surface area contributed by atoms with E-state index in [0.717, 1.165) is 29.3 Å². The lowest BCUT2D eigenvalue weighted by molar-refractivity contribution is 0.0941. The molecule has 0 spiro atoms. The fraction of sp³-hybridized carbons (Fsp3) is 0.611. The van der Waals surface area contributed by atoms with E-state index in [2.05, 4.69) is 17.6 Å². The summed E-state index contributed by atoms with van der Waals surface area (Å²) in [6.07, 6.45) is 6.48. The largest absolute Gasteiger partial charge is 0.388 e. The summed E-state index contributed by atoms with van der Waals surface area (Å²) in [4.78, 5) is 12.2. The van der Waals surface area contributed by atoms with E-state index in [1.807, 2.05) is 32.2 Å². The minimum atomic E-state index is 0.0540. The van der Waals surface area contributed by atoms with Crippen molar-refractivity contribution in [1.29, 1.82) is 0 Å². The Balaban J connectivity index is 1.83. The van der Waals surface area contributed by atoms with Crippen molar-refractivity contribution >= 4 is 11.6 Å². The normalized spacial score (nSPS) is 21.9. The Bertz CT molecular complexity index is 476. The molecule has 1 saturated carbocycles. The molecule has 2 rings (SSSR count).